The Kier molecular flexibility index (Phi) is 3.28. The lowest BCUT2D eigenvalue weighted by Gasteiger charge is -2.05. The first kappa shape index (κ1) is 13.6. The minimum atomic E-state index is 0.281. The summed E-state index contributed by atoms with van der Waals surface area (Å²) < 4.78 is 5.98. The molecule has 4 rings (SSSR count). The molecule has 0 bridgehead atoms. The molecule has 1 fully saturated rings. The lowest BCUT2D eigenvalue weighted by Crippen LogP contribution is -2.11. The molecular weight excluding hydrogens is 298 g/mol. The zero-order valence-corrected chi connectivity index (χ0v) is 12.7. The van der Waals surface area contributed by atoms with Crippen molar-refractivity contribution in [2.45, 2.75) is 18.9 Å². The van der Waals surface area contributed by atoms with Gasteiger partial charge in [0.2, 0.25) is 0 Å². The highest BCUT2D eigenvalue weighted by molar-refractivity contribution is 6.32. The number of hydrogen-bond donors (Lipinski definition) is 2. The molecule has 1 unspecified atom stereocenters. The van der Waals surface area contributed by atoms with Crippen LogP contribution in [0.4, 0.5) is 5.69 Å². The first-order chi connectivity index (χ1) is 10.7. The van der Waals surface area contributed by atoms with Gasteiger partial charge in [0.1, 0.15) is 16.4 Å². The van der Waals surface area contributed by atoms with E-state index in [-0.39, 0.29) is 6.04 Å². The molecular formula is C17H16ClN3O. The van der Waals surface area contributed by atoms with Crippen LogP contribution in [0.15, 0.2) is 40.8 Å². The zero-order valence-electron chi connectivity index (χ0n) is 12.0. The summed E-state index contributed by atoms with van der Waals surface area (Å²) in [6, 6.07) is 11.8. The van der Waals surface area contributed by atoms with Gasteiger partial charge in [-0.25, -0.2) is 4.98 Å². The van der Waals surface area contributed by atoms with Crippen molar-refractivity contribution >= 4 is 28.4 Å². The number of pyridine rings is 1. The Bertz CT molecular complexity index is 837. The van der Waals surface area contributed by atoms with E-state index in [4.69, 9.17) is 21.8 Å². The number of aromatic nitrogens is 1. The maximum absolute atomic E-state index is 6.35. The summed E-state index contributed by atoms with van der Waals surface area (Å²) in [7, 11) is 0. The second-order valence-corrected chi connectivity index (χ2v) is 5.99. The van der Waals surface area contributed by atoms with Gasteiger partial charge in [-0.2, -0.15) is 0 Å². The summed E-state index contributed by atoms with van der Waals surface area (Å²) in [6.45, 7) is 1.03. The van der Waals surface area contributed by atoms with E-state index in [2.05, 4.69) is 10.3 Å². The smallest absolute Gasteiger partial charge is 0.153 e. The van der Waals surface area contributed by atoms with Gasteiger partial charge in [-0.3, -0.25) is 0 Å². The minimum absolute atomic E-state index is 0.281. The fraction of sp³-hybridized carbons (Fsp3) is 0.235. The second-order valence-electron chi connectivity index (χ2n) is 5.63. The highest BCUT2D eigenvalue weighted by atomic mass is 35.5. The van der Waals surface area contributed by atoms with Crippen LogP contribution in [0, 0.1) is 0 Å². The van der Waals surface area contributed by atoms with Crippen LogP contribution in [-0.2, 0) is 0 Å². The van der Waals surface area contributed by atoms with Crippen LogP contribution in [0.5, 0.6) is 0 Å². The lowest BCUT2D eigenvalue weighted by atomic mass is 10.1. The highest BCUT2D eigenvalue weighted by Crippen LogP contribution is 2.34. The maximum atomic E-state index is 6.35. The molecule has 5 heteroatoms. The van der Waals surface area contributed by atoms with Crippen molar-refractivity contribution < 1.29 is 4.42 Å². The van der Waals surface area contributed by atoms with Crippen LogP contribution in [0.3, 0.4) is 0 Å². The van der Waals surface area contributed by atoms with E-state index in [9.17, 15) is 0 Å². The van der Waals surface area contributed by atoms with Crippen molar-refractivity contribution in [3.8, 4) is 11.1 Å². The van der Waals surface area contributed by atoms with E-state index >= 15 is 0 Å². The van der Waals surface area contributed by atoms with Crippen LogP contribution in [-0.4, -0.2) is 11.5 Å². The van der Waals surface area contributed by atoms with E-state index in [0.717, 1.165) is 41.0 Å². The number of benzene rings is 1. The number of fused-ring (bicyclic) bond motifs is 1. The second kappa shape index (κ2) is 5.30. The largest absolute Gasteiger partial charge is 0.458 e. The third-order valence-corrected chi connectivity index (χ3v) is 4.37. The third kappa shape index (κ3) is 2.34. The van der Waals surface area contributed by atoms with Crippen LogP contribution in [0.1, 0.15) is 24.6 Å². The quantitative estimate of drug-likeness (QED) is 0.551. The number of anilines is 1. The van der Waals surface area contributed by atoms with Crippen molar-refractivity contribution in [1.82, 2.24) is 10.3 Å². The number of nitrogens with two attached hydrogens (primary N) is 1. The zero-order chi connectivity index (χ0) is 15.1. The summed E-state index contributed by atoms with van der Waals surface area (Å²) in [4.78, 5) is 4.48. The van der Waals surface area contributed by atoms with Gasteiger partial charge in [0, 0.05) is 17.3 Å². The van der Waals surface area contributed by atoms with Gasteiger partial charge in [0.25, 0.3) is 0 Å². The number of halogens is 1. The Morgan fingerprint density at radius 1 is 1.27 bits per heavy atom. The standard InChI is InChI=1S/C17H16ClN3O/c18-17-12(10-3-1-4-11(19)7-10)8-15-14(21-17)9-16(22-15)13-5-2-6-20-13/h1,3-4,7-9,13,20H,2,5-6,19H2. The van der Waals surface area contributed by atoms with Gasteiger partial charge in [-0.1, -0.05) is 23.7 Å². The van der Waals surface area contributed by atoms with Crippen molar-refractivity contribution in [3.63, 3.8) is 0 Å². The first-order valence-electron chi connectivity index (χ1n) is 7.40. The molecule has 3 aromatic rings. The van der Waals surface area contributed by atoms with Crippen molar-refractivity contribution in [2.24, 2.45) is 0 Å². The van der Waals surface area contributed by atoms with Crippen LogP contribution < -0.4 is 11.1 Å². The van der Waals surface area contributed by atoms with E-state index in [1.165, 1.54) is 6.42 Å². The molecule has 2 aromatic heterocycles. The SMILES string of the molecule is Nc1cccc(-c2cc3oc(C4CCCN4)cc3nc2Cl)c1. The number of hydrogen-bond acceptors (Lipinski definition) is 4. The van der Waals surface area contributed by atoms with Crippen molar-refractivity contribution in [1.29, 1.82) is 0 Å². The predicted octanol–water partition coefficient (Wildman–Crippen LogP) is 4.15. The van der Waals surface area contributed by atoms with Crippen LogP contribution in [0.2, 0.25) is 5.15 Å². The third-order valence-electron chi connectivity index (χ3n) is 4.08. The van der Waals surface area contributed by atoms with Gasteiger partial charge in [-0.05, 0) is 43.1 Å². The Morgan fingerprint density at radius 2 is 2.18 bits per heavy atom. The normalized spacial score (nSPS) is 18.1. The molecule has 0 radical (unpaired) electrons. The summed E-state index contributed by atoms with van der Waals surface area (Å²) in [5.74, 6) is 0.931. The molecule has 112 valence electrons. The monoisotopic (exact) mass is 313 g/mol. The molecule has 0 spiro atoms. The molecule has 1 aliphatic rings. The molecule has 4 nitrogen and oxygen atoms in total. The average Bonchev–Trinajstić information content (AvgIpc) is 3.15. The van der Waals surface area contributed by atoms with Gasteiger partial charge < -0.3 is 15.5 Å². The average molecular weight is 314 g/mol. The van der Waals surface area contributed by atoms with Gasteiger partial charge in [0.05, 0.1) is 6.04 Å². The molecule has 1 aromatic carbocycles. The molecule has 0 saturated carbocycles. The molecule has 22 heavy (non-hydrogen) atoms. The molecule has 1 aliphatic heterocycles. The molecule has 0 amide bonds. The lowest BCUT2D eigenvalue weighted by molar-refractivity contribution is 0.471. The Balaban J connectivity index is 1.81. The van der Waals surface area contributed by atoms with E-state index in [1.54, 1.807) is 0 Å². The number of nitrogen functional groups attached to an aromatic ring is 1. The summed E-state index contributed by atoms with van der Waals surface area (Å²) in [6.07, 6.45) is 2.26. The number of nitrogens with zero attached hydrogens (tertiary/aromatic N) is 1. The Hall–Kier alpha value is -2.04. The Morgan fingerprint density at radius 3 is 2.95 bits per heavy atom. The van der Waals surface area contributed by atoms with E-state index in [0.29, 0.717) is 10.8 Å². The molecule has 1 saturated heterocycles. The van der Waals surface area contributed by atoms with Crippen molar-refractivity contribution in [3.05, 3.63) is 47.3 Å². The van der Waals surface area contributed by atoms with Crippen molar-refractivity contribution in [2.75, 3.05) is 12.3 Å². The maximum Gasteiger partial charge on any atom is 0.153 e. The summed E-state index contributed by atoms with van der Waals surface area (Å²) in [5, 5.41) is 3.89. The van der Waals surface area contributed by atoms with Gasteiger partial charge in [-0.15, -0.1) is 0 Å². The molecule has 0 aliphatic carbocycles. The van der Waals surface area contributed by atoms with Gasteiger partial charge in [0.15, 0.2) is 5.58 Å². The fourth-order valence-corrected chi connectivity index (χ4v) is 3.22. The number of furan rings is 1. The van der Waals surface area contributed by atoms with E-state index < -0.39 is 0 Å². The van der Waals surface area contributed by atoms with E-state index in [1.807, 2.05) is 36.4 Å². The fourth-order valence-electron chi connectivity index (χ4n) is 2.97. The van der Waals surface area contributed by atoms with Crippen LogP contribution >= 0.6 is 11.6 Å². The van der Waals surface area contributed by atoms with Gasteiger partial charge >= 0.3 is 0 Å². The summed E-state index contributed by atoms with van der Waals surface area (Å²) >= 11 is 6.35. The summed E-state index contributed by atoms with van der Waals surface area (Å²) in [5.41, 5.74) is 9.87. The number of nitrogens with one attached hydrogen (secondary N) is 1. The first-order valence-corrected chi connectivity index (χ1v) is 7.78. The van der Waals surface area contributed by atoms with Crippen LogP contribution in [0.25, 0.3) is 22.2 Å². The minimum Gasteiger partial charge on any atom is -0.458 e. The topological polar surface area (TPSA) is 64.1 Å². The molecule has 3 heterocycles. The molecule has 3 N–H and O–H groups in total. The highest BCUT2D eigenvalue weighted by Gasteiger charge is 2.21. The Labute approximate surface area is 133 Å². The molecule has 1 atom stereocenters. The predicted molar refractivity (Wildman–Crippen MR) is 88.8 cm³/mol. The number of rotatable bonds is 2.